The van der Waals surface area contributed by atoms with Crippen molar-refractivity contribution in [2.45, 2.75) is 55.7 Å². The maximum absolute atomic E-state index is 10.7. The molecule has 0 bridgehead atoms. The van der Waals surface area contributed by atoms with Gasteiger partial charge in [-0.25, -0.2) is 0 Å². The van der Waals surface area contributed by atoms with Crippen LogP contribution in [0, 0.1) is 16.0 Å². The lowest BCUT2D eigenvalue weighted by molar-refractivity contribution is -0.384. The summed E-state index contributed by atoms with van der Waals surface area (Å²) in [5, 5.41) is 14.9. The quantitative estimate of drug-likeness (QED) is 0.630. The Bertz CT molecular complexity index is 462. The Kier molecular flexibility index (Phi) is 6.06. The minimum Gasteiger partial charge on any atom is -0.313 e. The first kappa shape index (κ1) is 16.3. The number of hydrogen-bond acceptors (Lipinski definition) is 4. The fourth-order valence-electron chi connectivity index (χ4n) is 2.84. The van der Waals surface area contributed by atoms with E-state index in [0.29, 0.717) is 11.3 Å². The summed E-state index contributed by atoms with van der Waals surface area (Å²) in [6.07, 6.45) is 4.88. The smallest absolute Gasteiger partial charge is 0.269 e. The highest BCUT2D eigenvalue weighted by molar-refractivity contribution is 8.00. The molecule has 0 spiro atoms. The van der Waals surface area contributed by atoms with Gasteiger partial charge in [-0.3, -0.25) is 10.1 Å². The summed E-state index contributed by atoms with van der Waals surface area (Å²) in [5.74, 6) is 0.764. The number of benzene rings is 1. The molecule has 1 aliphatic rings. The Morgan fingerprint density at radius 3 is 2.67 bits per heavy atom. The van der Waals surface area contributed by atoms with E-state index in [0.717, 1.165) is 23.8 Å². The van der Waals surface area contributed by atoms with Gasteiger partial charge in [-0.05, 0) is 50.3 Å². The zero-order valence-electron chi connectivity index (χ0n) is 12.7. The average molecular weight is 308 g/mol. The van der Waals surface area contributed by atoms with Gasteiger partial charge >= 0.3 is 0 Å². The molecule has 1 fully saturated rings. The van der Waals surface area contributed by atoms with E-state index in [4.69, 9.17) is 0 Å². The van der Waals surface area contributed by atoms with Crippen molar-refractivity contribution in [3.8, 4) is 0 Å². The highest BCUT2D eigenvalue weighted by Crippen LogP contribution is 2.36. The molecule has 4 nitrogen and oxygen atoms in total. The second kappa shape index (κ2) is 7.80. The van der Waals surface area contributed by atoms with Crippen LogP contribution in [0.2, 0.25) is 0 Å². The van der Waals surface area contributed by atoms with Crippen molar-refractivity contribution >= 4 is 17.4 Å². The van der Waals surface area contributed by atoms with E-state index in [1.807, 2.05) is 23.9 Å². The fourth-order valence-corrected chi connectivity index (χ4v) is 4.31. The van der Waals surface area contributed by atoms with Crippen molar-refractivity contribution in [1.29, 1.82) is 0 Å². The first-order chi connectivity index (χ1) is 10.1. The van der Waals surface area contributed by atoms with Crippen LogP contribution in [-0.4, -0.2) is 22.8 Å². The van der Waals surface area contributed by atoms with Crippen molar-refractivity contribution in [1.82, 2.24) is 5.32 Å². The van der Waals surface area contributed by atoms with E-state index < -0.39 is 0 Å². The van der Waals surface area contributed by atoms with Crippen LogP contribution in [0.25, 0.3) is 0 Å². The van der Waals surface area contributed by atoms with E-state index in [1.165, 1.54) is 19.3 Å². The third kappa shape index (κ3) is 4.71. The Balaban J connectivity index is 2.01. The van der Waals surface area contributed by atoms with Gasteiger partial charge in [0.2, 0.25) is 0 Å². The number of rotatable bonds is 6. The molecule has 0 aromatic heterocycles. The van der Waals surface area contributed by atoms with Crippen molar-refractivity contribution < 1.29 is 4.92 Å². The SMILES string of the molecule is CCCNC1CCC(C)CC1Sc1ccc([N+](=O)[O-])cc1. The maximum atomic E-state index is 10.7. The van der Waals surface area contributed by atoms with Gasteiger partial charge in [0.1, 0.15) is 0 Å². The molecule has 1 aliphatic carbocycles. The Labute approximate surface area is 130 Å². The molecular weight excluding hydrogens is 284 g/mol. The van der Waals surface area contributed by atoms with Gasteiger partial charge in [0.15, 0.2) is 0 Å². The summed E-state index contributed by atoms with van der Waals surface area (Å²) in [6, 6.07) is 7.51. The molecule has 116 valence electrons. The van der Waals surface area contributed by atoms with Gasteiger partial charge in [0.05, 0.1) is 4.92 Å². The minimum absolute atomic E-state index is 0.164. The molecule has 0 heterocycles. The number of thioether (sulfide) groups is 1. The second-order valence-electron chi connectivity index (χ2n) is 5.89. The van der Waals surface area contributed by atoms with E-state index >= 15 is 0 Å². The minimum atomic E-state index is -0.345. The summed E-state index contributed by atoms with van der Waals surface area (Å²) in [7, 11) is 0. The molecule has 0 saturated heterocycles. The Hall–Kier alpha value is -1.07. The molecule has 3 unspecified atom stereocenters. The highest BCUT2D eigenvalue weighted by atomic mass is 32.2. The zero-order chi connectivity index (χ0) is 15.2. The van der Waals surface area contributed by atoms with Crippen LogP contribution in [-0.2, 0) is 0 Å². The molecule has 0 amide bonds. The monoisotopic (exact) mass is 308 g/mol. The molecule has 0 aliphatic heterocycles. The third-order valence-electron chi connectivity index (χ3n) is 4.05. The molecule has 1 aromatic rings. The van der Waals surface area contributed by atoms with Crippen LogP contribution in [0.15, 0.2) is 29.2 Å². The van der Waals surface area contributed by atoms with Gasteiger partial charge in [-0.15, -0.1) is 11.8 Å². The first-order valence-electron chi connectivity index (χ1n) is 7.74. The largest absolute Gasteiger partial charge is 0.313 e. The zero-order valence-corrected chi connectivity index (χ0v) is 13.6. The summed E-state index contributed by atoms with van der Waals surface area (Å²) in [6.45, 7) is 5.58. The molecule has 1 N–H and O–H groups in total. The summed E-state index contributed by atoms with van der Waals surface area (Å²) in [5.41, 5.74) is 0.164. The number of non-ortho nitro benzene ring substituents is 1. The van der Waals surface area contributed by atoms with E-state index in [2.05, 4.69) is 19.2 Å². The van der Waals surface area contributed by atoms with Crippen molar-refractivity contribution in [2.75, 3.05) is 6.54 Å². The summed E-state index contributed by atoms with van der Waals surface area (Å²) < 4.78 is 0. The van der Waals surface area contributed by atoms with Crippen molar-refractivity contribution in [3.63, 3.8) is 0 Å². The molecule has 5 heteroatoms. The van der Waals surface area contributed by atoms with Gasteiger partial charge in [-0.1, -0.05) is 13.8 Å². The van der Waals surface area contributed by atoms with Gasteiger partial charge in [0, 0.05) is 28.3 Å². The fraction of sp³-hybridized carbons (Fsp3) is 0.625. The number of hydrogen-bond donors (Lipinski definition) is 1. The number of nitro groups is 1. The van der Waals surface area contributed by atoms with Crippen LogP contribution in [0.3, 0.4) is 0 Å². The predicted molar refractivity (Wildman–Crippen MR) is 87.8 cm³/mol. The summed E-state index contributed by atoms with van der Waals surface area (Å²) in [4.78, 5) is 11.5. The predicted octanol–water partition coefficient (Wildman–Crippen LogP) is 4.24. The van der Waals surface area contributed by atoms with E-state index in [-0.39, 0.29) is 10.6 Å². The van der Waals surface area contributed by atoms with E-state index in [9.17, 15) is 10.1 Å². The standard InChI is InChI=1S/C16H24N2O2S/c1-3-10-17-15-9-4-12(2)11-16(15)21-14-7-5-13(6-8-14)18(19)20/h5-8,12,15-17H,3-4,9-11H2,1-2H3. The maximum Gasteiger partial charge on any atom is 0.269 e. The molecule has 0 radical (unpaired) electrons. The Morgan fingerprint density at radius 2 is 2.05 bits per heavy atom. The van der Waals surface area contributed by atoms with Crippen LogP contribution < -0.4 is 5.32 Å². The lowest BCUT2D eigenvalue weighted by Crippen LogP contribution is -2.42. The van der Waals surface area contributed by atoms with Gasteiger partial charge in [0.25, 0.3) is 5.69 Å². The van der Waals surface area contributed by atoms with Crippen molar-refractivity contribution in [2.24, 2.45) is 5.92 Å². The number of nitro benzene ring substituents is 1. The normalized spacial score (nSPS) is 25.7. The van der Waals surface area contributed by atoms with Crippen LogP contribution in [0.5, 0.6) is 0 Å². The molecule has 21 heavy (non-hydrogen) atoms. The average Bonchev–Trinajstić information content (AvgIpc) is 2.47. The second-order valence-corrected chi connectivity index (χ2v) is 7.20. The lowest BCUT2D eigenvalue weighted by atomic mass is 9.87. The number of nitrogens with one attached hydrogen (secondary N) is 1. The van der Waals surface area contributed by atoms with Gasteiger partial charge in [-0.2, -0.15) is 0 Å². The van der Waals surface area contributed by atoms with Crippen LogP contribution >= 0.6 is 11.8 Å². The van der Waals surface area contributed by atoms with Crippen molar-refractivity contribution in [3.05, 3.63) is 34.4 Å². The van der Waals surface area contributed by atoms with E-state index in [1.54, 1.807) is 12.1 Å². The van der Waals surface area contributed by atoms with Gasteiger partial charge < -0.3 is 5.32 Å². The first-order valence-corrected chi connectivity index (χ1v) is 8.62. The molecule has 3 atom stereocenters. The molecule has 1 aromatic carbocycles. The summed E-state index contributed by atoms with van der Waals surface area (Å²) >= 11 is 1.86. The van der Waals surface area contributed by atoms with Crippen LogP contribution in [0.1, 0.15) is 39.5 Å². The molecule has 1 saturated carbocycles. The molecular formula is C16H24N2O2S. The third-order valence-corrected chi connectivity index (χ3v) is 5.41. The van der Waals surface area contributed by atoms with Crippen LogP contribution in [0.4, 0.5) is 5.69 Å². The highest BCUT2D eigenvalue weighted by Gasteiger charge is 2.28. The lowest BCUT2D eigenvalue weighted by Gasteiger charge is -2.35. The topological polar surface area (TPSA) is 55.2 Å². The Morgan fingerprint density at radius 1 is 1.33 bits per heavy atom. The molecule has 2 rings (SSSR count). The number of nitrogens with zero attached hydrogens (tertiary/aromatic N) is 1.